The number of carbonyl (C=O) groups excluding carboxylic acids is 1. The second-order valence-electron chi connectivity index (χ2n) is 6.84. The minimum absolute atomic E-state index is 0.0199. The molecule has 0 saturated carbocycles. The number of benzene rings is 1. The van der Waals surface area contributed by atoms with Crippen molar-refractivity contribution >= 4 is 34.9 Å². The fourth-order valence-electron chi connectivity index (χ4n) is 4.04. The lowest BCUT2D eigenvalue weighted by Crippen LogP contribution is -2.54. The third-order valence-electron chi connectivity index (χ3n) is 5.28. The Morgan fingerprint density at radius 2 is 2.11 bits per heavy atom. The Balaban J connectivity index is 1.60. The van der Waals surface area contributed by atoms with Crippen LogP contribution in [0.25, 0.3) is 0 Å². The molecule has 3 heterocycles. The van der Waals surface area contributed by atoms with E-state index in [-0.39, 0.29) is 30.2 Å². The normalized spacial score (nSPS) is 21.4. The minimum atomic E-state index is 0.0199. The maximum atomic E-state index is 12.8. The van der Waals surface area contributed by atoms with E-state index in [0.717, 1.165) is 12.0 Å². The van der Waals surface area contributed by atoms with Gasteiger partial charge in [0.15, 0.2) is 0 Å². The van der Waals surface area contributed by atoms with Crippen LogP contribution in [0.5, 0.6) is 5.75 Å². The molecule has 2 aliphatic rings. The number of amides is 1. The third-order valence-corrected chi connectivity index (χ3v) is 6.10. The lowest BCUT2D eigenvalue weighted by atomic mass is 9.95. The monoisotopic (exact) mass is 417 g/mol. The Morgan fingerprint density at radius 3 is 2.86 bits per heavy atom. The molecular formula is C19H17Cl2N5O2. The quantitative estimate of drug-likeness (QED) is 0.763. The maximum absolute atomic E-state index is 12.8. The van der Waals surface area contributed by atoms with Crippen molar-refractivity contribution in [1.29, 1.82) is 5.26 Å². The van der Waals surface area contributed by atoms with Crippen molar-refractivity contribution in [2.24, 2.45) is 0 Å². The van der Waals surface area contributed by atoms with Gasteiger partial charge in [0.25, 0.3) is 0 Å². The molecule has 2 aromatic rings. The van der Waals surface area contributed by atoms with Gasteiger partial charge >= 0.3 is 0 Å². The number of hydrogen-bond donors (Lipinski definition) is 0. The fraction of sp³-hybridized carbons (Fsp3) is 0.368. The van der Waals surface area contributed by atoms with Gasteiger partial charge in [-0.15, -0.1) is 0 Å². The van der Waals surface area contributed by atoms with Gasteiger partial charge in [-0.2, -0.15) is 5.26 Å². The number of nitrogens with zero attached hydrogens (tertiary/aromatic N) is 5. The SMILES string of the molecule is COc1ccc(Cl)c(Cl)c1[C@H]1C[C@H]2CN(c3ccnc(C#N)n3)CC(=O)N2C1. The first-order valence-electron chi connectivity index (χ1n) is 8.81. The largest absolute Gasteiger partial charge is 0.496 e. The topological polar surface area (TPSA) is 82.3 Å². The first-order chi connectivity index (χ1) is 13.5. The number of ether oxygens (including phenoxy) is 1. The zero-order chi connectivity index (χ0) is 19.8. The van der Waals surface area contributed by atoms with E-state index in [9.17, 15) is 4.79 Å². The van der Waals surface area contributed by atoms with Crippen molar-refractivity contribution < 1.29 is 9.53 Å². The van der Waals surface area contributed by atoms with Gasteiger partial charge in [0.2, 0.25) is 11.7 Å². The Labute approximate surface area is 172 Å². The number of carbonyl (C=O) groups is 1. The number of methoxy groups -OCH3 is 1. The highest BCUT2D eigenvalue weighted by Crippen LogP contribution is 2.44. The summed E-state index contributed by atoms with van der Waals surface area (Å²) in [5.41, 5.74) is 0.846. The summed E-state index contributed by atoms with van der Waals surface area (Å²) in [6, 6.07) is 7.18. The summed E-state index contributed by atoms with van der Waals surface area (Å²) in [6.07, 6.45) is 2.28. The number of piperazine rings is 1. The molecule has 1 aromatic heterocycles. The molecule has 1 aromatic carbocycles. The summed E-state index contributed by atoms with van der Waals surface area (Å²) >= 11 is 12.7. The van der Waals surface area contributed by atoms with Crippen LogP contribution in [0.4, 0.5) is 5.82 Å². The van der Waals surface area contributed by atoms with Crippen molar-refractivity contribution in [3.63, 3.8) is 0 Å². The summed E-state index contributed by atoms with van der Waals surface area (Å²) in [4.78, 5) is 24.7. The highest BCUT2D eigenvalue weighted by molar-refractivity contribution is 6.42. The molecule has 7 nitrogen and oxygen atoms in total. The van der Waals surface area contributed by atoms with Crippen LogP contribution in [0.2, 0.25) is 10.0 Å². The van der Waals surface area contributed by atoms with Crippen molar-refractivity contribution in [3.05, 3.63) is 45.8 Å². The van der Waals surface area contributed by atoms with Crippen LogP contribution in [0.3, 0.4) is 0 Å². The molecule has 4 rings (SSSR count). The van der Waals surface area contributed by atoms with Crippen LogP contribution in [0.1, 0.15) is 23.7 Å². The molecule has 0 aliphatic carbocycles. The summed E-state index contributed by atoms with van der Waals surface area (Å²) in [5, 5.41) is 9.97. The van der Waals surface area contributed by atoms with E-state index < -0.39 is 0 Å². The van der Waals surface area contributed by atoms with Crippen molar-refractivity contribution in [2.45, 2.75) is 18.4 Å². The first kappa shape index (κ1) is 18.8. The molecule has 2 fully saturated rings. The molecule has 0 spiro atoms. The molecule has 0 N–H and O–H groups in total. The third kappa shape index (κ3) is 3.23. The smallest absolute Gasteiger partial charge is 0.242 e. The van der Waals surface area contributed by atoms with Gasteiger partial charge in [-0.3, -0.25) is 4.79 Å². The molecule has 2 saturated heterocycles. The lowest BCUT2D eigenvalue weighted by molar-refractivity contribution is -0.132. The second kappa shape index (κ2) is 7.46. The summed E-state index contributed by atoms with van der Waals surface area (Å²) in [6.45, 7) is 1.41. The van der Waals surface area contributed by atoms with Crippen LogP contribution in [0.15, 0.2) is 24.4 Å². The average Bonchev–Trinajstić information content (AvgIpc) is 3.14. The van der Waals surface area contributed by atoms with E-state index in [2.05, 4.69) is 9.97 Å². The zero-order valence-corrected chi connectivity index (χ0v) is 16.6. The van der Waals surface area contributed by atoms with E-state index in [1.165, 1.54) is 6.20 Å². The van der Waals surface area contributed by atoms with Crippen LogP contribution >= 0.6 is 23.2 Å². The number of anilines is 1. The van der Waals surface area contributed by atoms with Gasteiger partial charge in [0.05, 0.1) is 23.7 Å². The molecule has 1 amide bonds. The summed E-state index contributed by atoms with van der Waals surface area (Å²) < 4.78 is 5.49. The Bertz CT molecular complexity index is 977. The van der Waals surface area contributed by atoms with Crippen molar-refractivity contribution in [3.8, 4) is 11.8 Å². The Morgan fingerprint density at radius 1 is 1.29 bits per heavy atom. The number of hydrogen-bond acceptors (Lipinski definition) is 6. The van der Waals surface area contributed by atoms with E-state index in [0.29, 0.717) is 34.7 Å². The molecular weight excluding hydrogens is 401 g/mol. The highest BCUT2D eigenvalue weighted by Gasteiger charge is 2.42. The molecule has 0 unspecified atom stereocenters. The first-order valence-corrected chi connectivity index (χ1v) is 9.57. The maximum Gasteiger partial charge on any atom is 0.242 e. The number of halogens is 2. The molecule has 0 radical (unpaired) electrons. The molecule has 0 bridgehead atoms. The minimum Gasteiger partial charge on any atom is -0.496 e. The number of fused-ring (bicyclic) bond motifs is 1. The second-order valence-corrected chi connectivity index (χ2v) is 7.63. The molecule has 144 valence electrons. The Hall–Kier alpha value is -2.56. The average molecular weight is 418 g/mol. The highest BCUT2D eigenvalue weighted by atomic mass is 35.5. The van der Waals surface area contributed by atoms with Gasteiger partial charge in [-0.1, -0.05) is 23.2 Å². The predicted octanol–water partition coefficient (Wildman–Crippen LogP) is 2.87. The predicted molar refractivity (Wildman–Crippen MR) is 105 cm³/mol. The summed E-state index contributed by atoms with van der Waals surface area (Å²) in [7, 11) is 1.60. The van der Waals surface area contributed by atoms with Gasteiger partial charge in [-0.05, 0) is 24.6 Å². The summed E-state index contributed by atoms with van der Waals surface area (Å²) in [5.74, 6) is 1.41. The Kier molecular flexibility index (Phi) is 5.00. The standard InChI is InChI=1S/C19H17Cl2N5O2/c1-28-14-3-2-13(20)19(21)18(14)11-6-12-9-25(10-17(27)26(12)8-11)16-4-5-23-15(7-22)24-16/h2-5,11-12H,6,8-10H2,1H3/t11-,12-/m0/s1. The van der Waals surface area contributed by atoms with E-state index in [1.54, 1.807) is 25.3 Å². The molecule has 9 heteroatoms. The zero-order valence-electron chi connectivity index (χ0n) is 15.1. The molecule has 28 heavy (non-hydrogen) atoms. The van der Waals surface area contributed by atoms with Crippen LogP contribution in [-0.2, 0) is 4.79 Å². The van der Waals surface area contributed by atoms with Crippen LogP contribution in [-0.4, -0.2) is 53.6 Å². The van der Waals surface area contributed by atoms with Gasteiger partial charge in [0.1, 0.15) is 17.6 Å². The van der Waals surface area contributed by atoms with Gasteiger partial charge in [-0.25, -0.2) is 9.97 Å². The van der Waals surface area contributed by atoms with E-state index >= 15 is 0 Å². The van der Waals surface area contributed by atoms with Crippen molar-refractivity contribution in [1.82, 2.24) is 14.9 Å². The molecule has 2 atom stereocenters. The van der Waals surface area contributed by atoms with E-state index in [1.807, 2.05) is 15.9 Å². The lowest BCUT2D eigenvalue weighted by Gasteiger charge is -2.37. The van der Waals surface area contributed by atoms with Crippen LogP contribution < -0.4 is 9.64 Å². The van der Waals surface area contributed by atoms with Crippen molar-refractivity contribution in [2.75, 3.05) is 31.6 Å². The number of nitriles is 1. The molecule has 2 aliphatic heterocycles. The van der Waals surface area contributed by atoms with Crippen LogP contribution in [0, 0.1) is 11.3 Å². The number of rotatable bonds is 3. The van der Waals surface area contributed by atoms with Gasteiger partial charge < -0.3 is 14.5 Å². The number of aromatic nitrogens is 2. The van der Waals surface area contributed by atoms with Gasteiger partial charge in [0, 0.05) is 36.8 Å². The fourth-order valence-corrected chi connectivity index (χ4v) is 4.51. The van der Waals surface area contributed by atoms with E-state index in [4.69, 9.17) is 33.2 Å².